The Bertz CT molecular complexity index is 668. The first kappa shape index (κ1) is 17.0. The number of amides is 1. The number of nitrogens with one attached hydrogen (secondary N) is 1. The number of aryl methyl sites for hydroxylation is 3. The fourth-order valence-electron chi connectivity index (χ4n) is 2.48. The van der Waals surface area contributed by atoms with E-state index in [2.05, 4.69) is 42.3 Å². The van der Waals surface area contributed by atoms with E-state index in [1.54, 1.807) is 6.20 Å². The van der Waals surface area contributed by atoms with E-state index in [1.165, 1.54) is 16.7 Å². The van der Waals surface area contributed by atoms with E-state index in [0.717, 1.165) is 12.0 Å². The van der Waals surface area contributed by atoms with Crippen LogP contribution in [0.2, 0.25) is 0 Å². The van der Waals surface area contributed by atoms with Gasteiger partial charge < -0.3 is 10.1 Å². The van der Waals surface area contributed by atoms with Crippen LogP contribution in [-0.4, -0.2) is 17.5 Å². The van der Waals surface area contributed by atoms with Crippen LogP contribution in [0.5, 0.6) is 5.88 Å². The van der Waals surface area contributed by atoms with Crippen molar-refractivity contribution >= 4 is 5.91 Å². The van der Waals surface area contributed by atoms with Crippen molar-refractivity contribution < 1.29 is 9.53 Å². The van der Waals surface area contributed by atoms with Gasteiger partial charge in [0.1, 0.15) is 0 Å². The molecule has 0 aliphatic rings. The highest BCUT2D eigenvalue weighted by Gasteiger charge is 2.08. The van der Waals surface area contributed by atoms with Crippen LogP contribution in [-0.2, 0) is 17.8 Å². The zero-order valence-electron chi connectivity index (χ0n) is 14.1. The molecule has 0 atom stereocenters. The summed E-state index contributed by atoms with van der Waals surface area (Å²) in [7, 11) is 0. The Kier molecular flexibility index (Phi) is 6.15. The van der Waals surface area contributed by atoms with Crippen molar-refractivity contribution in [2.24, 2.45) is 0 Å². The van der Waals surface area contributed by atoms with Gasteiger partial charge in [0.05, 0.1) is 6.61 Å². The van der Waals surface area contributed by atoms with Gasteiger partial charge >= 0.3 is 0 Å². The summed E-state index contributed by atoms with van der Waals surface area (Å²) in [4.78, 5) is 16.3. The molecule has 0 unspecified atom stereocenters. The maximum atomic E-state index is 12.1. The first-order valence-electron chi connectivity index (χ1n) is 7.99. The molecule has 0 saturated carbocycles. The number of rotatable bonds is 7. The standard InChI is InChI=1S/C19H24N2O2/c1-4-23-19-17(6-5-11-20-19)13-21-18(22)10-9-16-8-7-14(2)12-15(16)3/h5-8,11-12H,4,9-10,13H2,1-3H3,(H,21,22). The Morgan fingerprint density at radius 3 is 2.78 bits per heavy atom. The molecule has 1 heterocycles. The van der Waals surface area contributed by atoms with Crippen LogP contribution in [0.4, 0.5) is 0 Å². The average Bonchev–Trinajstić information content (AvgIpc) is 2.53. The topological polar surface area (TPSA) is 51.2 Å². The van der Waals surface area contributed by atoms with E-state index in [-0.39, 0.29) is 5.91 Å². The highest BCUT2D eigenvalue weighted by molar-refractivity contribution is 5.76. The number of nitrogens with zero attached hydrogens (tertiary/aromatic N) is 1. The summed E-state index contributed by atoms with van der Waals surface area (Å²) in [5.41, 5.74) is 4.61. The second-order valence-electron chi connectivity index (χ2n) is 5.61. The van der Waals surface area contributed by atoms with Gasteiger partial charge in [0.15, 0.2) is 0 Å². The summed E-state index contributed by atoms with van der Waals surface area (Å²) in [6.07, 6.45) is 2.92. The highest BCUT2D eigenvalue weighted by atomic mass is 16.5. The third-order valence-corrected chi connectivity index (χ3v) is 3.73. The van der Waals surface area contributed by atoms with E-state index in [9.17, 15) is 4.79 Å². The van der Waals surface area contributed by atoms with Crippen LogP contribution < -0.4 is 10.1 Å². The molecule has 0 saturated heterocycles. The van der Waals surface area contributed by atoms with Gasteiger partial charge in [-0.3, -0.25) is 4.79 Å². The molecule has 1 aromatic carbocycles. The third-order valence-electron chi connectivity index (χ3n) is 3.73. The predicted molar refractivity (Wildman–Crippen MR) is 91.5 cm³/mol. The third kappa shape index (κ3) is 5.09. The van der Waals surface area contributed by atoms with Crippen molar-refractivity contribution in [3.05, 3.63) is 58.8 Å². The van der Waals surface area contributed by atoms with Crippen LogP contribution in [0.3, 0.4) is 0 Å². The van der Waals surface area contributed by atoms with E-state index in [4.69, 9.17) is 4.74 Å². The van der Waals surface area contributed by atoms with Crippen LogP contribution in [0.25, 0.3) is 0 Å². The predicted octanol–water partition coefficient (Wildman–Crippen LogP) is 3.35. The molecule has 1 aromatic heterocycles. The van der Waals surface area contributed by atoms with Crippen molar-refractivity contribution in [1.82, 2.24) is 10.3 Å². The van der Waals surface area contributed by atoms with Crippen molar-refractivity contribution in [2.75, 3.05) is 6.61 Å². The maximum Gasteiger partial charge on any atom is 0.220 e. The summed E-state index contributed by atoms with van der Waals surface area (Å²) in [5.74, 6) is 0.626. The lowest BCUT2D eigenvalue weighted by Gasteiger charge is -2.10. The molecule has 4 nitrogen and oxygen atoms in total. The minimum atomic E-state index is 0.0382. The lowest BCUT2D eigenvalue weighted by Crippen LogP contribution is -2.23. The lowest BCUT2D eigenvalue weighted by molar-refractivity contribution is -0.121. The Morgan fingerprint density at radius 2 is 2.04 bits per heavy atom. The first-order chi connectivity index (χ1) is 11.1. The van der Waals surface area contributed by atoms with Gasteiger partial charge in [-0.25, -0.2) is 4.98 Å². The van der Waals surface area contributed by atoms with Crippen molar-refractivity contribution in [3.8, 4) is 5.88 Å². The zero-order chi connectivity index (χ0) is 16.7. The van der Waals surface area contributed by atoms with Gasteiger partial charge in [0, 0.05) is 24.7 Å². The molecule has 23 heavy (non-hydrogen) atoms. The van der Waals surface area contributed by atoms with E-state index in [1.807, 2.05) is 19.1 Å². The molecule has 0 fully saturated rings. The molecule has 0 aliphatic carbocycles. The van der Waals surface area contributed by atoms with Crippen LogP contribution in [0, 0.1) is 13.8 Å². The van der Waals surface area contributed by atoms with Gasteiger partial charge in [0.25, 0.3) is 0 Å². The Labute approximate surface area is 137 Å². The number of hydrogen-bond acceptors (Lipinski definition) is 3. The molecule has 0 spiro atoms. The quantitative estimate of drug-likeness (QED) is 0.853. The smallest absolute Gasteiger partial charge is 0.220 e. The summed E-state index contributed by atoms with van der Waals surface area (Å²) >= 11 is 0. The molecular formula is C19H24N2O2. The molecule has 2 aromatic rings. The number of carbonyl (C=O) groups excluding carboxylic acids is 1. The van der Waals surface area contributed by atoms with Crippen molar-refractivity contribution in [1.29, 1.82) is 0 Å². The molecule has 0 radical (unpaired) electrons. The second kappa shape index (κ2) is 8.32. The molecule has 122 valence electrons. The maximum absolute atomic E-state index is 12.1. The summed E-state index contributed by atoms with van der Waals surface area (Å²) in [6.45, 7) is 7.08. The largest absolute Gasteiger partial charge is 0.478 e. The van der Waals surface area contributed by atoms with Gasteiger partial charge in [-0.1, -0.05) is 29.8 Å². The minimum Gasteiger partial charge on any atom is -0.478 e. The Hall–Kier alpha value is -2.36. The van der Waals surface area contributed by atoms with E-state index >= 15 is 0 Å². The second-order valence-corrected chi connectivity index (χ2v) is 5.61. The molecule has 0 aliphatic heterocycles. The van der Waals surface area contributed by atoms with Crippen molar-refractivity contribution in [3.63, 3.8) is 0 Å². The van der Waals surface area contributed by atoms with Gasteiger partial charge in [0.2, 0.25) is 11.8 Å². The molecule has 4 heteroatoms. The number of ether oxygens (including phenoxy) is 1. The Balaban J connectivity index is 1.86. The van der Waals surface area contributed by atoms with Crippen molar-refractivity contribution in [2.45, 2.75) is 40.2 Å². The summed E-state index contributed by atoms with van der Waals surface area (Å²) in [5, 5.41) is 2.94. The Morgan fingerprint density at radius 1 is 1.22 bits per heavy atom. The van der Waals surface area contributed by atoms with E-state index in [0.29, 0.717) is 25.5 Å². The molecule has 1 N–H and O–H groups in total. The summed E-state index contributed by atoms with van der Waals surface area (Å²) in [6, 6.07) is 10.1. The SMILES string of the molecule is CCOc1ncccc1CNC(=O)CCc1ccc(C)cc1C. The molecule has 1 amide bonds. The fourth-order valence-corrected chi connectivity index (χ4v) is 2.48. The van der Waals surface area contributed by atoms with E-state index < -0.39 is 0 Å². The first-order valence-corrected chi connectivity index (χ1v) is 7.99. The lowest BCUT2D eigenvalue weighted by atomic mass is 10.0. The fraction of sp³-hybridized carbons (Fsp3) is 0.368. The van der Waals surface area contributed by atoms with Crippen LogP contribution in [0.15, 0.2) is 36.5 Å². The monoisotopic (exact) mass is 312 g/mol. The van der Waals surface area contributed by atoms with Crippen LogP contribution >= 0.6 is 0 Å². The summed E-state index contributed by atoms with van der Waals surface area (Å²) < 4.78 is 5.46. The number of aromatic nitrogens is 1. The molecule has 2 rings (SSSR count). The number of benzene rings is 1. The number of hydrogen-bond donors (Lipinski definition) is 1. The minimum absolute atomic E-state index is 0.0382. The zero-order valence-corrected chi connectivity index (χ0v) is 14.1. The van der Waals surface area contributed by atoms with Gasteiger partial charge in [-0.05, 0) is 44.4 Å². The highest BCUT2D eigenvalue weighted by Crippen LogP contribution is 2.15. The molecule has 0 bridgehead atoms. The number of carbonyl (C=O) groups is 1. The number of pyridine rings is 1. The van der Waals surface area contributed by atoms with Gasteiger partial charge in [-0.15, -0.1) is 0 Å². The van der Waals surface area contributed by atoms with Gasteiger partial charge in [-0.2, -0.15) is 0 Å². The van der Waals surface area contributed by atoms with Crippen LogP contribution in [0.1, 0.15) is 35.6 Å². The molecular weight excluding hydrogens is 288 g/mol. The average molecular weight is 312 g/mol. The normalized spacial score (nSPS) is 10.4.